The molecule has 1 aliphatic carbocycles. The van der Waals surface area contributed by atoms with Crippen LogP contribution in [0, 0.1) is 11.8 Å². The highest BCUT2D eigenvalue weighted by Crippen LogP contribution is 2.31. The van der Waals surface area contributed by atoms with Gasteiger partial charge in [0.2, 0.25) is 0 Å². The third kappa shape index (κ3) is 1.30. The van der Waals surface area contributed by atoms with Crippen LogP contribution in [-0.2, 0) is 9.53 Å². The number of esters is 1. The van der Waals surface area contributed by atoms with E-state index in [0.717, 1.165) is 12.8 Å². The van der Waals surface area contributed by atoms with Crippen LogP contribution in [0.4, 0.5) is 0 Å². The number of carbonyl (C=O) groups is 1. The Hall–Kier alpha value is -0.790. The lowest BCUT2D eigenvalue weighted by molar-refractivity contribution is -0.152. The van der Waals surface area contributed by atoms with Gasteiger partial charge in [-0.05, 0) is 18.8 Å². The normalized spacial score (nSPS) is 36.2. The van der Waals surface area contributed by atoms with Crippen molar-refractivity contribution in [2.24, 2.45) is 11.8 Å². The summed E-state index contributed by atoms with van der Waals surface area (Å²) in [5, 5.41) is 0. The van der Waals surface area contributed by atoms with E-state index in [1.807, 2.05) is 0 Å². The Morgan fingerprint density at radius 2 is 2.00 bits per heavy atom. The molecular formula is C9H12O2. The van der Waals surface area contributed by atoms with Crippen molar-refractivity contribution in [3.05, 3.63) is 12.2 Å². The van der Waals surface area contributed by atoms with Gasteiger partial charge in [0, 0.05) is 12.3 Å². The van der Waals surface area contributed by atoms with Crippen molar-refractivity contribution in [1.82, 2.24) is 0 Å². The number of ether oxygens (including phenoxy) is 1. The molecular weight excluding hydrogens is 140 g/mol. The smallest absolute Gasteiger partial charge is 0.306 e. The van der Waals surface area contributed by atoms with Gasteiger partial charge in [0.1, 0.15) is 0 Å². The number of hydrogen-bond donors (Lipinski definition) is 0. The fourth-order valence-electron chi connectivity index (χ4n) is 1.85. The number of carbonyl (C=O) groups excluding carboxylic acids is 1. The number of allylic oxidation sites excluding steroid dienone is 2. The Balaban J connectivity index is 2.06. The van der Waals surface area contributed by atoms with Crippen LogP contribution >= 0.6 is 0 Å². The monoisotopic (exact) mass is 152 g/mol. The first-order valence-corrected chi connectivity index (χ1v) is 4.17. The molecule has 11 heavy (non-hydrogen) atoms. The van der Waals surface area contributed by atoms with Crippen molar-refractivity contribution >= 4 is 5.97 Å². The maximum Gasteiger partial charge on any atom is 0.306 e. The van der Waals surface area contributed by atoms with E-state index >= 15 is 0 Å². The first-order chi connectivity index (χ1) is 5.36. The van der Waals surface area contributed by atoms with Crippen LogP contribution < -0.4 is 0 Å². The molecule has 2 rings (SSSR count). The van der Waals surface area contributed by atoms with Gasteiger partial charge in [0.15, 0.2) is 0 Å². The molecule has 2 nitrogen and oxygen atoms in total. The predicted molar refractivity (Wildman–Crippen MR) is 40.9 cm³/mol. The summed E-state index contributed by atoms with van der Waals surface area (Å²) in [6, 6.07) is 0. The minimum atomic E-state index is -0.0125. The van der Waals surface area contributed by atoms with Gasteiger partial charge >= 0.3 is 5.97 Å². The standard InChI is InChI=1S/C9H12O2/c10-9-5-7-3-1-2-4-8(7)6-11-9/h1-2,7-8H,3-6H2/t7-,8+/m1/s1. The summed E-state index contributed by atoms with van der Waals surface area (Å²) in [6.07, 6.45) is 7.17. The number of hydrogen-bond acceptors (Lipinski definition) is 2. The maximum atomic E-state index is 10.9. The van der Waals surface area contributed by atoms with Crippen LogP contribution in [0.5, 0.6) is 0 Å². The molecule has 1 fully saturated rings. The van der Waals surface area contributed by atoms with Crippen LogP contribution in [-0.4, -0.2) is 12.6 Å². The largest absolute Gasteiger partial charge is 0.465 e. The molecule has 0 bridgehead atoms. The third-order valence-corrected chi connectivity index (χ3v) is 2.60. The molecule has 0 aromatic rings. The SMILES string of the molecule is O=C1C[C@H]2CC=CC[C@H]2CO1. The summed E-state index contributed by atoms with van der Waals surface area (Å²) >= 11 is 0. The van der Waals surface area contributed by atoms with Crippen LogP contribution in [0.2, 0.25) is 0 Å². The molecule has 1 aliphatic heterocycles. The zero-order chi connectivity index (χ0) is 7.68. The van der Waals surface area contributed by atoms with E-state index < -0.39 is 0 Å². The second-order valence-electron chi connectivity index (χ2n) is 3.35. The summed E-state index contributed by atoms with van der Waals surface area (Å²) in [4.78, 5) is 10.9. The maximum absolute atomic E-state index is 10.9. The summed E-state index contributed by atoms with van der Waals surface area (Å²) < 4.78 is 4.97. The highest BCUT2D eigenvalue weighted by molar-refractivity contribution is 5.70. The van der Waals surface area contributed by atoms with Gasteiger partial charge in [-0.2, -0.15) is 0 Å². The molecule has 2 heteroatoms. The molecule has 2 atom stereocenters. The second-order valence-corrected chi connectivity index (χ2v) is 3.35. The first kappa shape index (κ1) is 6.89. The van der Waals surface area contributed by atoms with Gasteiger partial charge in [-0.25, -0.2) is 0 Å². The van der Waals surface area contributed by atoms with E-state index in [4.69, 9.17) is 4.74 Å². The molecule has 0 N–H and O–H groups in total. The van der Waals surface area contributed by atoms with Gasteiger partial charge in [-0.3, -0.25) is 4.79 Å². The minimum Gasteiger partial charge on any atom is -0.465 e. The lowest BCUT2D eigenvalue weighted by atomic mass is 9.80. The topological polar surface area (TPSA) is 26.3 Å². The molecule has 1 saturated heterocycles. The van der Waals surface area contributed by atoms with Crippen molar-refractivity contribution in [1.29, 1.82) is 0 Å². The molecule has 2 aliphatic rings. The summed E-state index contributed by atoms with van der Waals surface area (Å²) in [7, 11) is 0. The zero-order valence-corrected chi connectivity index (χ0v) is 6.45. The van der Waals surface area contributed by atoms with E-state index in [1.165, 1.54) is 0 Å². The first-order valence-electron chi connectivity index (χ1n) is 4.17. The molecule has 0 spiro atoms. The average Bonchev–Trinajstić information content (AvgIpc) is 2.04. The van der Waals surface area contributed by atoms with E-state index in [-0.39, 0.29) is 5.97 Å². The highest BCUT2D eigenvalue weighted by Gasteiger charge is 2.30. The predicted octanol–water partition coefficient (Wildman–Crippen LogP) is 1.52. The van der Waals surface area contributed by atoms with Gasteiger partial charge in [0.05, 0.1) is 6.61 Å². The van der Waals surface area contributed by atoms with Crippen LogP contribution in [0.15, 0.2) is 12.2 Å². The van der Waals surface area contributed by atoms with Crippen molar-refractivity contribution in [3.63, 3.8) is 0 Å². The van der Waals surface area contributed by atoms with Crippen molar-refractivity contribution in [3.8, 4) is 0 Å². The van der Waals surface area contributed by atoms with Crippen LogP contribution in [0.25, 0.3) is 0 Å². The lowest BCUT2D eigenvalue weighted by Crippen LogP contribution is -2.31. The van der Waals surface area contributed by atoms with E-state index in [2.05, 4.69) is 12.2 Å². The molecule has 60 valence electrons. The second kappa shape index (κ2) is 2.68. The Bertz CT molecular complexity index is 196. The van der Waals surface area contributed by atoms with Crippen molar-refractivity contribution in [2.75, 3.05) is 6.61 Å². The lowest BCUT2D eigenvalue weighted by Gasteiger charge is -2.31. The summed E-state index contributed by atoms with van der Waals surface area (Å²) in [6.45, 7) is 0.647. The highest BCUT2D eigenvalue weighted by atomic mass is 16.5. The Kier molecular flexibility index (Phi) is 1.68. The number of rotatable bonds is 0. The Morgan fingerprint density at radius 1 is 1.27 bits per heavy atom. The summed E-state index contributed by atoms with van der Waals surface area (Å²) in [5.74, 6) is 1.17. The average molecular weight is 152 g/mol. The Morgan fingerprint density at radius 3 is 2.82 bits per heavy atom. The van der Waals surface area contributed by atoms with Gasteiger partial charge in [-0.1, -0.05) is 12.2 Å². The van der Waals surface area contributed by atoms with Gasteiger partial charge in [-0.15, -0.1) is 0 Å². The van der Waals surface area contributed by atoms with Gasteiger partial charge in [0.25, 0.3) is 0 Å². The van der Waals surface area contributed by atoms with E-state index in [0.29, 0.717) is 24.9 Å². The fraction of sp³-hybridized carbons (Fsp3) is 0.667. The van der Waals surface area contributed by atoms with Crippen LogP contribution in [0.1, 0.15) is 19.3 Å². The minimum absolute atomic E-state index is 0.0125. The van der Waals surface area contributed by atoms with Crippen molar-refractivity contribution < 1.29 is 9.53 Å². The van der Waals surface area contributed by atoms with Gasteiger partial charge < -0.3 is 4.74 Å². The quantitative estimate of drug-likeness (QED) is 0.388. The van der Waals surface area contributed by atoms with Crippen LogP contribution in [0.3, 0.4) is 0 Å². The summed E-state index contributed by atoms with van der Waals surface area (Å²) in [5.41, 5.74) is 0. The van der Waals surface area contributed by atoms with E-state index in [9.17, 15) is 4.79 Å². The Labute approximate surface area is 66.2 Å². The molecule has 0 aromatic heterocycles. The van der Waals surface area contributed by atoms with Crippen molar-refractivity contribution in [2.45, 2.75) is 19.3 Å². The molecule has 0 radical (unpaired) electrons. The molecule has 0 amide bonds. The molecule has 0 unspecified atom stereocenters. The number of fused-ring (bicyclic) bond motifs is 1. The number of cyclic esters (lactones) is 1. The molecule has 0 saturated carbocycles. The zero-order valence-electron chi connectivity index (χ0n) is 6.45. The molecule has 0 aromatic carbocycles. The third-order valence-electron chi connectivity index (χ3n) is 2.60. The fourth-order valence-corrected chi connectivity index (χ4v) is 1.85. The van der Waals surface area contributed by atoms with E-state index in [1.54, 1.807) is 0 Å². The molecule has 1 heterocycles.